The number of benzene rings is 3. The first-order valence-electron chi connectivity index (χ1n) is 11.0. The smallest absolute Gasteiger partial charge is 0.255 e. The van der Waals surface area contributed by atoms with Crippen molar-refractivity contribution >= 4 is 40.7 Å². The van der Waals surface area contributed by atoms with Gasteiger partial charge in [-0.25, -0.2) is 0 Å². The fourth-order valence-electron chi connectivity index (χ4n) is 3.80. The number of morpholine rings is 1. The number of hydrogen-bond donors (Lipinski definition) is 2. The Labute approximate surface area is 208 Å². The molecule has 1 fully saturated rings. The van der Waals surface area contributed by atoms with Gasteiger partial charge in [0.25, 0.3) is 11.8 Å². The van der Waals surface area contributed by atoms with Gasteiger partial charge in [-0.2, -0.15) is 0 Å². The summed E-state index contributed by atoms with van der Waals surface area (Å²) in [4.78, 5) is 27.9. The van der Waals surface area contributed by atoms with Gasteiger partial charge in [0.05, 0.1) is 24.0 Å². The number of carbonyl (C=O) groups excluding carboxylic acids is 2. The van der Waals surface area contributed by atoms with Gasteiger partial charge in [0.2, 0.25) is 0 Å². The zero-order valence-corrected chi connectivity index (χ0v) is 20.0. The molecule has 2 amide bonds. The summed E-state index contributed by atoms with van der Waals surface area (Å²) in [6, 6.07) is 21.5. The van der Waals surface area contributed by atoms with Gasteiger partial charge in [0.1, 0.15) is 0 Å². The number of nitrogens with one attached hydrogen (secondary N) is 2. The Balaban J connectivity index is 1.37. The lowest BCUT2D eigenvalue weighted by Crippen LogP contribution is -2.47. The number of amides is 2. The van der Waals surface area contributed by atoms with Crippen LogP contribution in [0.15, 0.2) is 72.8 Å². The lowest BCUT2D eigenvalue weighted by Gasteiger charge is -2.33. The predicted molar refractivity (Wildman–Crippen MR) is 135 cm³/mol. The fourth-order valence-corrected chi connectivity index (χ4v) is 4.10. The van der Waals surface area contributed by atoms with E-state index in [4.69, 9.17) is 27.9 Å². The van der Waals surface area contributed by atoms with Gasteiger partial charge < -0.3 is 15.4 Å². The summed E-state index contributed by atoms with van der Waals surface area (Å²) >= 11 is 12.0. The quantitative estimate of drug-likeness (QED) is 0.488. The maximum atomic E-state index is 13.0. The van der Waals surface area contributed by atoms with Crippen LogP contribution in [0.5, 0.6) is 0 Å². The van der Waals surface area contributed by atoms with Crippen molar-refractivity contribution in [2.45, 2.75) is 12.6 Å². The minimum absolute atomic E-state index is 0.124. The van der Waals surface area contributed by atoms with Gasteiger partial charge in [0.15, 0.2) is 0 Å². The van der Waals surface area contributed by atoms with Gasteiger partial charge in [-0.1, -0.05) is 53.5 Å². The Morgan fingerprint density at radius 2 is 1.68 bits per heavy atom. The summed E-state index contributed by atoms with van der Waals surface area (Å²) in [7, 11) is 0. The van der Waals surface area contributed by atoms with E-state index in [-0.39, 0.29) is 17.9 Å². The monoisotopic (exact) mass is 497 g/mol. The molecular weight excluding hydrogens is 473 g/mol. The molecule has 2 N–H and O–H groups in total. The summed E-state index contributed by atoms with van der Waals surface area (Å²) in [6.07, 6.45) is -0.124. The second-order valence-corrected chi connectivity index (χ2v) is 8.95. The molecule has 8 heteroatoms. The summed E-state index contributed by atoms with van der Waals surface area (Å²) < 4.78 is 5.86. The average Bonchev–Trinajstić information content (AvgIpc) is 2.84. The van der Waals surface area contributed by atoms with Crippen LogP contribution in [0.1, 0.15) is 26.3 Å². The van der Waals surface area contributed by atoms with Crippen LogP contribution in [-0.4, -0.2) is 49.1 Å². The van der Waals surface area contributed by atoms with E-state index in [9.17, 15) is 9.59 Å². The Morgan fingerprint density at radius 1 is 0.941 bits per heavy atom. The molecule has 0 saturated carbocycles. The van der Waals surface area contributed by atoms with E-state index in [1.807, 2.05) is 18.2 Å². The molecule has 1 aliphatic rings. The van der Waals surface area contributed by atoms with Crippen molar-refractivity contribution in [3.63, 3.8) is 0 Å². The van der Waals surface area contributed by atoms with Crippen LogP contribution < -0.4 is 10.6 Å². The van der Waals surface area contributed by atoms with Crippen LogP contribution in [0.25, 0.3) is 0 Å². The third-order valence-electron chi connectivity index (χ3n) is 5.54. The Morgan fingerprint density at radius 3 is 2.44 bits per heavy atom. The molecule has 0 spiro atoms. The van der Waals surface area contributed by atoms with Crippen molar-refractivity contribution in [1.29, 1.82) is 0 Å². The molecule has 0 aromatic heterocycles. The van der Waals surface area contributed by atoms with Crippen LogP contribution in [0, 0.1) is 0 Å². The number of anilines is 1. The van der Waals surface area contributed by atoms with Crippen molar-refractivity contribution < 1.29 is 14.3 Å². The first kappa shape index (κ1) is 24.2. The number of carbonyl (C=O) groups is 2. The molecule has 4 rings (SSSR count). The predicted octanol–water partition coefficient (Wildman–Crippen LogP) is 4.88. The molecule has 3 aromatic carbocycles. The van der Waals surface area contributed by atoms with Crippen molar-refractivity contribution in [3.05, 3.63) is 99.5 Å². The second kappa shape index (κ2) is 11.5. The average molecular weight is 498 g/mol. The highest BCUT2D eigenvalue weighted by molar-refractivity contribution is 6.31. The molecule has 1 heterocycles. The van der Waals surface area contributed by atoms with Crippen molar-refractivity contribution in [3.8, 4) is 0 Å². The van der Waals surface area contributed by atoms with Crippen molar-refractivity contribution in [2.24, 2.45) is 0 Å². The van der Waals surface area contributed by atoms with Gasteiger partial charge in [-0.3, -0.25) is 14.5 Å². The van der Waals surface area contributed by atoms with Crippen LogP contribution in [0.3, 0.4) is 0 Å². The molecule has 1 unspecified atom stereocenters. The van der Waals surface area contributed by atoms with E-state index in [0.717, 1.165) is 19.6 Å². The number of nitrogens with zero attached hydrogens (tertiary/aromatic N) is 1. The minimum Gasteiger partial charge on any atom is -0.374 e. The molecule has 1 saturated heterocycles. The van der Waals surface area contributed by atoms with Crippen molar-refractivity contribution in [1.82, 2.24) is 10.2 Å². The number of rotatable bonds is 7. The highest BCUT2D eigenvalue weighted by atomic mass is 35.5. The third kappa shape index (κ3) is 6.58. The normalized spacial score (nSPS) is 16.1. The van der Waals surface area contributed by atoms with E-state index in [1.54, 1.807) is 42.5 Å². The zero-order chi connectivity index (χ0) is 23.9. The molecule has 176 valence electrons. The summed E-state index contributed by atoms with van der Waals surface area (Å²) in [6.45, 7) is 3.37. The van der Waals surface area contributed by atoms with E-state index in [2.05, 4.69) is 27.7 Å². The summed E-state index contributed by atoms with van der Waals surface area (Å²) in [5.41, 5.74) is 2.32. The lowest BCUT2D eigenvalue weighted by atomic mass is 10.1. The highest BCUT2D eigenvalue weighted by Crippen LogP contribution is 2.22. The molecule has 0 radical (unpaired) electrons. The standard InChI is InChI=1S/C26H25Cl2N3O3/c27-20-8-6-19(7-9-20)25(32)30-24-14-21(28)10-11-23(24)26(33)29-15-22-17-31(12-13-34-22)16-18-4-2-1-3-5-18/h1-11,14,22H,12-13,15-17H2,(H,29,33)(H,30,32). The van der Waals surface area contributed by atoms with Crippen LogP contribution in [0.2, 0.25) is 10.0 Å². The van der Waals surface area contributed by atoms with E-state index in [1.165, 1.54) is 5.56 Å². The van der Waals surface area contributed by atoms with Gasteiger partial charge in [-0.15, -0.1) is 0 Å². The SMILES string of the molecule is O=C(Nc1cc(Cl)ccc1C(=O)NCC1CN(Cc2ccccc2)CCO1)c1ccc(Cl)cc1. The molecule has 1 atom stereocenters. The Kier molecular flexibility index (Phi) is 8.19. The zero-order valence-electron chi connectivity index (χ0n) is 18.5. The summed E-state index contributed by atoms with van der Waals surface area (Å²) in [5.74, 6) is -0.674. The molecule has 0 bridgehead atoms. The third-order valence-corrected chi connectivity index (χ3v) is 6.03. The molecular formula is C26H25Cl2N3O3. The van der Waals surface area contributed by atoms with E-state index in [0.29, 0.717) is 40.0 Å². The Hall–Kier alpha value is -2.90. The number of halogens is 2. The van der Waals surface area contributed by atoms with E-state index < -0.39 is 0 Å². The van der Waals surface area contributed by atoms with Gasteiger partial charge in [0, 0.05) is 41.8 Å². The highest BCUT2D eigenvalue weighted by Gasteiger charge is 2.22. The van der Waals surface area contributed by atoms with Crippen LogP contribution >= 0.6 is 23.2 Å². The fraction of sp³-hybridized carbons (Fsp3) is 0.231. The van der Waals surface area contributed by atoms with E-state index >= 15 is 0 Å². The Bertz CT molecular complexity index is 1140. The summed E-state index contributed by atoms with van der Waals surface area (Å²) in [5, 5.41) is 6.65. The molecule has 0 aliphatic carbocycles. The first-order chi connectivity index (χ1) is 16.5. The van der Waals surface area contributed by atoms with Gasteiger partial charge in [-0.05, 0) is 48.0 Å². The van der Waals surface area contributed by atoms with Crippen molar-refractivity contribution in [2.75, 3.05) is 31.6 Å². The molecule has 3 aromatic rings. The number of hydrogen-bond acceptors (Lipinski definition) is 4. The second-order valence-electron chi connectivity index (χ2n) is 8.07. The van der Waals surface area contributed by atoms with Gasteiger partial charge >= 0.3 is 0 Å². The first-order valence-corrected chi connectivity index (χ1v) is 11.8. The molecule has 1 aliphatic heterocycles. The minimum atomic E-state index is -0.361. The maximum Gasteiger partial charge on any atom is 0.255 e. The van der Waals surface area contributed by atoms with Crippen LogP contribution in [-0.2, 0) is 11.3 Å². The lowest BCUT2D eigenvalue weighted by molar-refractivity contribution is -0.0292. The topological polar surface area (TPSA) is 70.7 Å². The largest absolute Gasteiger partial charge is 0.374 e. The maximum absolute atomic E-state index is 13.0. The molecule has 6 nitrogen and oxygen atoms in total. The van der Waals surface area contributed by atoms with Crippen LogP contribution in [0.4, 0.5) is 5.69 Å². The number of ether oxygens (including phenoxy) is 1. The molecule has 34 heavy (non-hydrogen) atoms.